The van der Waals surface area contributed by atoms with Gasteiger partial charge in [0.1, 0.15) is 12.1 Å². The SMILES string of the molecule is CCCCCCCC(=O)N[C@H](C(=O)N[C@H](C(N)=O)[C@@H](C)O)[C@@H](C)O. The number of nitrogens with one attached hydrogen (secondary N) is 2. The zero-order valence-corrected chi connectivity index (χ0v) is 14.7. The highest BCUT2D eigenvalue weighted by Gasteiger charge is 2.30. The molecule has 0 aromatic rings. The Bertz CT molecular complexity index is 413. The molecule has 3 amide bonds. The van der Waals surface area contributed by atoms with E-state index in [2.05, 4.69) is 17.6 Å². The molecule has 6 N–H and O–H groups in total. The van der Waals surface area contributed by atoms with Gasteiger partial charge in [-0.15, -0.1) is 0 Å². The summed E-state index contributed by atoms with van der Waals surface area (Å²) >= 11 is 0. The number of carbonyl (C=O) groups excluding carboxylic acids is 3. The molecule has 0 bridgehead atoms. The number of aliphatic hydroxyl groups is 2. The van der Waals surface area contributed by atoms with E-state index in [1.54, 1.807) is 0 Å². The van der Waals surface area contributed by atoms with Gasteiger partial charge in [-0.05, 0) is 20.3 Å². The molecular formula is C16H31N3O5. The molecule has 0 radical (unpaired) electrons. The highest BCUT2D eigenvalue weighted by molar-refractivity contribution is 5.92. The van der Waals surface area contributed by atoms with Crippen molar-refractivity contribution in [3.63, 3.8) is 0 Å². The lowest BCUT2D eigenvalue weighted by molar-refractivity contribution is -0.135. The minimum atomic E-state index is -1.29. The number of aliphatic hydroxyl groups excluding tert-OH is 2. The molecule has 0 aromatic carbocycles. The molecule has 0 spiro atoms. The standard InChI is InChI=1S/C16H31N3O5/c1-4-5-6-7-8-9-12(22)18-14(11(3)21)16(24)19-13(10(2)20)15(17)23/h10-11,13-14,20-21H,4-9H2,1-3H3,(H2,17,23)(H,18,22)(H,19,24)/t10-,11-,13+,14+/m1/s1. The van der Waals surface area contributed by atoms with Crippen LogP contribution in [0.2, 0.25) is 0 Å². The first-order chi connectivity index (χ1) is 11.2. The summed E-state index contributed by atoms with van der Waals surface area (Å²) in [4.78, 5) is 35.3. The minimum Gasteiger partial charge on any atom is -0.391 e. The molecule has 0 unspecified atom stereocenters. The van der Waals surface area contributed by atoms with Crippen LogP contribution in [0.5, 0.6) is 0 Å². The van der Waals surface area contributed by atoms with Crippen molar-refractivity contribution < 1.29 is 24.6 Å². The lowest BCUT2D eigenvalue weighted by atomic mass is 10.1. The first kappa shape index (κ1) is 22.3. The molecule has 0 aliphatic rings. The molecule has 0 saturated heterocycles. The third-order valence-corrected chi connectivity index (χ3v) is 3.68. The van der Waals surface area contributed by atoms with Crippen LogP contribution in [-0.2, 0) is 14.4 Å². The van der Waals surface area contributed by atoms with Gasteiger partial charge >= 0.3 is 0 Å². The highest BCUT2D eigenvalue weighted by Crippen LogP contribution is 2.05. The third kappa shape index (κ3) is 8.83. The van der Waals surface area contributed by atoms with Crippen molar-refractivity contribution in [2.24, 2.45) is 5.73 Å². The normalized spacial score (nSPS) is 15.9. The Kier molecular flexibility index (Phi) is 11.0. The smallest absolute Gasteiger partial charge is 0.245 e. The lowest BCUT2D eigenvalue weighted by Gasteiger charge is -2.24. The number of nitrogens with two attached hydrogens (primary N) is 1. The van der Waals surface area contributed by atoms with Gasteiger partial charge in [-0.25, -0.2) is 0 Å². The van der Waals surface area contributed by atoms with Gasteiger partial charge in [0.25, 0.3) is 0 Å². The van der Waals surface area contributed by atoms with Crippen molar-refractivity contribution in [3.05, 3.63) is 0 Å². The van der Waals surface area contributed by atoms with E-state index >= 15 is 0 Å². The molecular weight excluding hydrogens is 314 g/mol. The number of amides is 3. The van der Waals surface area contributed by atoms with Gasteiger partial charge in [-0.2, -0.15) is 0 Å². The summed E-state index contributed by atoms with van der Waals surface area (Å²) in [6.45, 7) is 4.76. The quantitative estimate of drug-likeness (QED) is 0.305. The zero-order valence-electron chi connectivity index (χ0n) is 14.7. The summed E-state index contributed by atoms with van der Waals surface area (Å²) < 4.78 is 0. The van der Waals surface area contributed by atoms with Crippen LogP contribution in [0.4, 0.5) is 0 Å². The summed E-state index contributed by atoms with van der Waals surface area (Å²) in [7, 11) is 0. The fourth-order valence-corrected chi connectivity index (χ4v) is 2.21. The number of hydrogen-bond donors (Lipinski definition) is 5. The van der Waals surface area contributed by atoms with E-state index in [0.717, 1.165) is 25.7 Å². The molecule has 0 fully saturated rings. The molecule has 8 nitrogen and oxygen atoms in total. The van der Waals surface area contributed by atoms with Crippen molar-refractivity contribution in [3.8, 4) is 0 Å². The topological polar surface area (TPSA) is 142 Å². The lowest BCUT2D eigenvalue weighted by Crippen LogP contribution is -2.59. The number of hydrogen-bond acceptors (Lipinski definition) is 5. The van der Waals surface area contributed by atoms with Crippen molar-refractivity contribution in [2.45, 2.75) is 83.6 Å². The van der Waals surface area contributed by atoms with Crippen molar-refractivity contribution in [1.82, 2.24) is 10.6 Å². The molecule has 0 aliphatic carbocycles. The summed E-state index contributed by atoms with van der Waals surface area (Å²) in [5.41, 5.74) is 5.11. The first-order valence-electron chi connectivity index (χ1n) is 8.45. The van der Waals surface area contributed by atoms with Crippen LogP contribution < -0.4 is 16.4 Å². The summed E-state index contributed by atoms with van der Waals surface area (Å²) in [6, 6.07) is -2.50. The summed E-state index contributed by atoms with van der Waals surface area (Å²) in [5.74, 6) is -2.01. The minimum absolute atomic E-state index is 0.260. The van der Waals surface area contributed by atoms with Crippen molar-refractivity contribution >= 4 is 17.7 Å². The molecule has 140 valence electrons. The fourth-order valence-electron chi connectivity index (χ4n) is 2.21. The molecule has 8 heteroatoms. The Morgan fingerprint density at radius 3 is 1.92 bits per heavy atom. The van der Waals surface area contributed by atoms with E-state index in [0.29, 0.717) is 6.42 Å². The third-order valence-electron chi connectivity index (χ3n) is 3.68. The second-order valence-electron chi connectivity index (χ2n) is 6.08. The number of unbranched alkanes of at least 4 members (excludes halogenated alkanes) is 4. The van der Waals surface area contributed by atoms with Crippen LogP contribution in [0.15, 0.2) is 0 Å². The maximum Gasteiger partial charge on any atom is 0.245 e. The van der Waals surface area contributed by atoms with Crippen LogP contribution in [0.3, 0.4) is 0 Å². The van der Waals surface area contributed by atoms with E-state index in [1.165, 1.54) is 13.8 Å². The predicted molar refractivity (Wildman–Crippen MR) is 89.8 cm³/mol. The second-order valence-corrected chi connectivity index (χ2v) is 6.08. The maximum atomic E-state index is 12.1. The molecule has 0 heterocycles. The monoisotopic (exact) mass is 345 g/mol. The van der Waals surface area contributed by atoms with Crippen LogP contribution >= 0.6 is 0 Å². The Balaban J connectivity index is 4.54. The molecule has 24 heavy (non-hydrogen) atoms. The van der Waals surface area contributed by atoms with E-state index in [-0.39, 0.29) is 12.3 Å². The van der Waals surface area contributed by atoms with Gasteiger partial charge in [-0.3, -0.25) is 14.4 Å². The average Bonchev–Trinajstić information content (AvgIpc) is 2.48. The van der Waals surface area contributed by atoms with Crippen molar-refractivity contribution in [2.75, 3.05) is 0 Å². The largest absolute Gasteiger partial charge is 0.391 e. The van der Waals surface area contributed by atoms with E-state index in [1.807, 2.05) is 0 Å². The molecule has 0 rings (SSSR count). The summed E-state index contributed by atoms with van der Waals surface area (Å²) in [5, 5.41) is 23.9. The van der Waals surface area contributed by atoms with Crippen LogP contribution in [0.1, 0.15) is 59.3 Å². The number of primary amides is 1. The Hall–Kier alpha value is -1.67. The molecule has 4 atom stereocenters. The second kappa shape index (κ2) is 11.8. The Morgan fingerprint density at radius 1 is 0.917 bits per heavy atom. The van der Waals surface area contributed by atoms with Crippen LogP contribution in [-0.4, -0.2) is 52.2 Å². The fraction of sp³-hybridized carbons (Fsp3) is 0.812. The molecule has 0 aromatic heterocycles. The van der Waals surface area contributed by atoms with Gasteiger partial charge in [0.15, 0.2) is 0 Å². The first-order valence-corrected chi connectivity index (χ1v) is 8.45. The van der Waals surface area contributed by atoms with Gasteiger partial charge in [0.2, 0.25) is 17.7 Å². The van der Waals surface area contributed by atoms with Crippen LogP contribution in [0, 0.1) is 0 Å². The van der Waals surface area contributed by atoms with Gasteiger partial charge < -0.3 is 26.6 Å². The van der Waals surface area contributed by atoms with Gasteiger partial charge in [0, 0.05) is 6.42 Å². The van der Waals surface area contributed by atoms with Crippen LogP contribution in [0.25, 0.3) is 0 Å². The maximum absolute atomic E-state index is 12.1. The van der Waals surface area contributed by atoms with Crippen molar-refractivity contribution in [1.29, 1.82) is 0 Å². The van der Waals surface area contributed by atoms with E-state index in [4.69, 9.17) is 5.73 Å². The average molecular weight is 345 g/mol. The molecule has 0 aliphatic heterocycles. The van der Waals surface area contributed by atoms with E-state index < -0.39 is 36.1 Å². The molecule has 0 saturated carbocycles. The number of carbonyl (C=O) groups is 3. The van der Waals surface area contributed by atoms with Gasteiger partial charge in [-0.1, -0.05) is 32.6 Å². The Morgan fingerprint density at radius 2 is 1.46 bits per heavy atom. The Labute approximate surface area is 143 Å². The predicted octanol–water partition coefficient (Wildman–Crippen LogP) is -0.437. The highest BCUT2D eigenvalue weighted by atomic mass is 16.3. The number of rotatable bonds is 12. The van der Waals surface area contributed by atoms with E-state index in [9.17, 15) is 24.6 Å². The zero-order chi connectivity index (χ0) is 18.7. The summed E-state index contributed by atoms with van der Waals surface area (Å²) in [6.07, 6.45) is 2.84. The van der Waals surface area contributed by atoms with Gasteiger partial charge in [0.05, 0.1) is 12.2 Å².